The number of rotatable bonds is 4. The van der Waals surface area contributed by atoms with Gasteiger partial charge in [0.2, 0.25) is 0 Å². The van der Waals surface area contributed by atoms with Crippen LogP contribution in [0.25, 0.3) is 0 Å². The molecule has 0 aliphatic rings. The summed E-state index contributed by atoms with van der Waals surface area (Å²) >= 11 is 0. The van der Waals surface area contributed by atoms with Gasteiger partial charge in [-0.2, -0.15) is 0 Å². The molecular formula is C15H13FN2O3. The predicted molar refractivity (Wildman–Crippen MR) is 75.7 cm³/mol. The van der Waals surface area contributed by atoms with E-state index in [0.29, 0.717) is 0 Å². The highest BCUT2D eigenvalue weighted by atomic mass is 19.1. The van der Waals surface area contributed by atoms with E-state index in [1.807, 2.05) is 30.3 Å². The number of benzene rings is 2. The molecule has 2 rings (SSSR count). The van der Waals surface area contributed by atoms with Gasteiger partial charge in [-0.25, -0.2) is 14.0 Å². The molecule has 6 heteroatoms. The SMILES string of the molecule is O=C(NCc1ccccc1)Nc1cccc(F)c1C(=O)O. The molecule has 0 atom stereocenters. The lowest BCUT2D eigenvalue weighted by atomic mass is 10.1. The van der Waals surface area contributed by atoms with Gasteiger partial charge >= 0.3 is 12.0 Å². The molecule has 0 aromatic heterocycles. The Balaban J connectivity index is 2.03. The zero-order chi connectivity index (χ0) is 15.2. The van der Waals surface area contributed by atoms with Crippen molar-refractivity contribution in [1.29, 1.82) is 0 Å². The Bertz CT molecular complexity index is 659. The number of urea groups is 1. The Labute approximate surface area is 120 Å². The number of amides is 2. The van der Waals surface area contributed by atoms with Gasteiger partial charge in [0.15, 0.2) is 0 Å². The van der Waals surface area contributed by atoms with Crippen molar-refractivity contribution in [1.82, 2.24) is 5.32 Å². The Morgan fingerprint density at radius 3 is 2.43 bits per heavy atom. The molecule has 0 aliphatic heterocycles. The maximum atomic E-state index is 13.4. The Kier molecular flexibility index (Phi) is 4.50. The second-order valence-electron chi connectivity index (χ2n) is 4.26. The minimum Gasteiger partial charge on any atom is -0.478 e. The van der Waals surface area contributed by atoms with Crippen LogP contribution in [0, 0.1) is 5.82 Å². The van der Waals surface area contributed by atoms with E-state index in [9.17, 15) is 14.0 Å². The zero-order valence-corrected chi connectivity index (χ0v) is 11.0. The maximum absolute atomic E-state index is 13.4. The standard InChI is InChI=1S/C15H13FN2O3/c16-11-7-4-8-12(13(11)14(19)20)18-15(21)17-9-10-5-2-1-3-6-10/h1-8H,9H2,(H,19,20)(H2,17,18,21). The van der Waals surface area contributed by atoms with Gasteiger partial charge in [0, 0.05) is 6.54 Å². The minimum absolute atomic E-state index is 0.0898. The highest BCUT2D eigenvalue weighted by Gasteiger charge is 2.17. The molecule has 21 heavy (non-hydrogen) atoms. The second-order valence-corrected chi connectivity index (χ2v) is 4.26. The highest BCUT2D eigenvalue weighted by Crippen LogP contribution is 2.18. The molecule has 108 valence electrons. The number of carboxylic acid groups (broad SMARTS) is 1. The highest BCUT2D eigenvalue weighted by molar-refractivity contribution is 6.00. The maximum Gasteiger partial charge on any atom is 0.340 e. The Hall–Kier alpha value is -2.89. The molecule has 0 spiro atoms. The van der Waals surface area contributed by atoms with Crippen molar-refractivity contribution < 1.29 is 19.1 Å². The number of halogens is 1. The topological polar surface area (TPSA) is 78.4 Å². The minimum atomic E-state index is -1.44. The number of aromatic carboxylic acids is 1. The molecule has 2 aromatic rings. The fraction of sp³-hybridized carbons (Fsp3) is 0.0667. The summed E-state index contributed by atoms with van der Waals surface area (Å²) in [4.78, 5) is 22.7. The summed E-state index contributed by atoms with van der Waals surface area (Å²) in [6, 6.07) is 12.3. The van der Waals surface area contributed by atoms with Gasteiger partial charge in [-0.15, -0.1) is 0 Å². The fourth-order valence-corrected chi connectivity index (χ4v) is 1.79. The lowest BCUT2D eigenvalue weighted by Gasteiger charge is -2.10. The molecule has 5 nitrogen and oxygen atoms in total. The summed E-state index contributed by atoms with van der Waals surface area (Å²) in [6.45, 7) is 0.282. The number of anilines is 1. The van der Waals surface area contributed by atoms with Crippen molar-refractivity contribution in [2.24, 2.45) is 0 Å². The second kappa shape index (κ2) is 6.51. The van der Waals surface area contributed by atoms with Crippen LogP contribution >= 0.6 is 0 Å². The lowest BCUT2D eigenvalue weighted by molar-refractivity contribution is 0.0693. The average Bonchev–Trinajstić information content (AvgIpc) is 2.46. The Morgan fingerprint density at radius 1 is 1.05 bits per heavy atom. The molecule has 0 unspecified atom stereocenters. The van der Waals surface area contributed by atoms with E-state index < -0.39 is 23.4 Å². The van der Waals surface area contributed by atoms with Crippen molar-refractivity contribution in [3.63, 3.8) is 0 Å². The van der Waals surface area contributed by atoms with Crippen LogP contribution in [0.3, 0.4) is 0 Å². The quantitative estimate of drug-likeness (QED) is 0.809. The number of hydrogen-bond donors (Lipinski definition) is 3. The van der Waals surface area contributed by atoms with Crippen LogP contribution in [0.4, 0.5) is 14.9 Å². The molecule has 0 saturated heterocycles. The largest absolute Gasteiger partial charge is 0.478 e. The van der Waals surface area contributed by atoms with E-state index in [-0.39, 0.29) is 12.2 Å². The first-order chi connectivity index (χ1) is 10.1. The molecular weight excluding hydrogens is 275 g/mol. The van der Waals surface area contributed by atoms with Gasteiger partial charge in [-0.3, -0.25) is 0 Å². The Morgan fingerprint density at radius 2 is 1.76 bits per heavy atom. The van der Waals surface area contributed by atoms with Crippen molar-refractivity contribution in [2.75, 3.05) is 5.32 Å². The molecule has 2 amide bonds. The van der Waals surface area contributed by atoms with Gasteiger partial charge in [0.1, 0.15) is 11.4 Å². The molecule has 2 aromatic carbocycles. The third-order valence-electron chi connectivity index (χ3n) is 2.77. The first-order valence-electron chi connectivity index (χ1n) is 6.18. The van der Waals surface area contributed by atoms with Crippen molar-refractivity contribution >= 4 is 17.7 Å². The number of carbonyl (C=O) groups is 2. The number of carbonyl (C=O) groups excluding carboxylic acids is 1. The van der Waals surface area contributed by atoms with Gasteiger partial charge in [-0.05, 0) is 17.7 Å². The molecule has 0 radical (unpaired) electrons. The van der Waals surface area contributed by atoms with Crippen LogP contribution in [0.5, 0.6) is 0 Å². The average molecular weight is 288 g/mol. The third kappa shape index (κ3) is 3.79. The number of hydrogen-bond acceptors (Lipinski definition) is 2. The zero-order valence-electron chi connectivity index (χ0n) is 11.0. The molecule has 0 fully saturated rings. The van der Waals surface area contributed by atoms with Gasteiger partial charge in [0.25, 0.3) is 0 Å². The van der Waals surface area contributed by atoms with E-state index >= 15 is 0 Å². The van der Waals surface area contributed by atoms with E-state index in [1.165, 1.54) is 12.1 Å². The monoisotopic (exact) mass is 288 g/mol. The van der Waals surface area contributed by atoms with Crippen LogP contribution < -0.4 is 10.6 Å². The summed E-state index contributed by atoms with van der Waals surface area (Å²) in [5.74, 6) is -2.34. The van der Waals surface area contributed by atoms with E-state index in [2.05, 4.69) is 10.6 Å². The van der Waals surface area contributed by atoms with Crippen LogP contribution in [-0.2, 0) is 6.54 Å². The van der Waals surface area contributed by atoms with Gasteiger partial charge < -0.3 is 15.7 Å². The molecule has 0 saturated carbocycles. The third-order valence-corrected chi connectivity index (χ3v) is 2.77. The summed E-state index contributed by atoms with van der Waals surface area (Å²) in [7, 11) is 0. The molecule has 3 N–H and O–H groups in total. The van der Waals surface area contributed by atoms with Crippen LogP contribution in [0.1, 0.15) is 15.9 Å². The van der Waals surface area contributed by atoms with Crippen LogP contribution in [0.15, 0.2) is 48.5 Å². The summed E-state index contributed by atoms with van der Waals surface area (Å²) in [5.41, 5.74) is 0.241. The smallest absolute Gasteiger partial charge is 0.340 e. The van der Waals surface area contributed by atoms with Crippen molar-refractivity contribution in [2.45, 2.75) is 6.54 Å². The normalized spacial score (nSPS) is 9.95. The summed E-state index contributed by atoms with van der Waals surface area (Å²) in [5, 5.41) is 13.9. The van der Waals surface area contributed by atoms with Crippen molar-refractivity contribution in [3.05, 3.63) is 65.5 Å². The van der Waals surface area contributed by atoms with E-state index in [0.717, 1.165) is 11.6 Å². The van der Waals surface area contributed by atoms with E-state index in [4.69, 9.17) is 5.11 Å². The fourth-order valence-electron chi connectivity index (χ4n) is 1.79. The van der Waals surface area contributed by atoms with Gasteiger partial charge in [0.05, 0.1) is 5.69 Å². The number of nitrogens with one attached hydrogen (secondary N) is 2. The van der Waals surface area contributed by atoms with Crippen LogP contribution in [0.2, 0.25) is 0 Å². The van der Waals surface area contributed by atoms with E-state index in [1.54, 1.807) is 0 Å². The predicted octanol–water partition coefficient (Wildman–Crippen LogP) is 2.85. The van der Waals surface area contributed by atoms with Gasteiger partial charge in [-0.1, -0.05) is 36.4 Å². The number of carboxylic acids is 1. The van der Waals surface area contributed by atoms with Crippen LogP contribution in [-0.4, -0.2) is 17.1 Å². The molecule has 0 heterocycles. The lowest BCUT2D eigenvalue weighted by Crippen LogP contribution is -2.29. The van der Waals surface area contributed by atoms with Crippen molar-refractivity contribution in [3.8, 4) is 0 Å². The molecule has 0 bridgehead atoms. The summed E-state index contributed by atoms with van der Waals surface area (Å²) in [6.07, 6.45) is 0. The first kappa shape index (κ1) is 14.5. The molecule has 0 aliphatic carbocycles. The summed E-state index contributed by atoms with van der Waals surface area (Å²) < 4.78 is 13.4. The first-order valence-corrected chi connectivity index (χ1v) is 6.18.